The lowest BCUT2D eigenvalue weighted by Gasteiger charge is -2.19. The molecule has 0 saturated carbocycles. The first kappa shape index (κ1) is 17.2. The third-order valence-corrected chi connectivity index (χ3v) is 3.70. The summed E-state index contributed by atoms with van der Waals surface area (Å²) in [5.74, 6) is 0.0960. The highest BCUT2D eigenvalue weighted by Gasteiger charge is 2.17. The molecule has 122 valence electrons. The molecule has 0 unspecified atom stereocenters. The second-order valence-electron chi connectivity index (χ2n) is 7.85. The summed E-state index contributed by atoms with van der Waals surface area (Å²) in [7, 11) is 0. The predicted octanol–water partition coefficient (Wildman–Crippen LogP) is 4.90. The van der Waals surface area contributed by atoms with Gasteiger partial charge in [0.25, 0.3) is 0 Å². The molecule has 3 heteroatoms. The number of rotatable bonds is 2. The van der Waals surface area contributed by atoms with Gasteiger partial charge in [0.1, 0.15) is 5.75 Å². The van der Waals surface area contributed by atoms with Crippen molar-refractivity contribution in [3.8, 4) is 5.75 Å². The van der Waals surface area contributed by atoms with Crippen LogP contribution in [0.5, 0.6) is 5.75 Å². The summed E-state index contributed by atoms with van der Waals surface area (Å²) in [6, 6.07) is 11.2. The van der Waals surface area contributed by atoms with Crippen molar-refractivity contribution in [2.45, 2.75) is 52.4 Å². The Labute approximate surface area is 138 Å². The molecule has 2 rings (SSSR count). The largest absolute Gasteiger partial charge is 0.421 e. The van der Waals surface area contributed by atoms with Crippen LogP contribution >= 0.6 is 0 Å². The normalized spacial score (nSPS) is 12.1. The molecular weight excluding hydrogens is 286 g/mol. The summed E-state index contributed by atoms with van der Waals surface area (Å²) in [5.41, 5.74) is 2.73. The Balaban J connectivity index is 2.10. The minimum absolute atomic E-state index is 0.0225. The van der Waals surface area contributed by atoms with Gasteiger partial charge in [0.15, 0.2) is 0 Å². The molecule has 1 aromatic carbocycles. The maximum absolute atomic E-state index is 12.2. The smallest absolute Gasteiger partial charge is 0.343 e. The van der Waals surface area contributed by atoms with E-state index in [0.29, 0.717) is 11.3 Å². The molecule has 0 fully saturated rings. The van der Waals surface area contributed by atoms with Crippen molar-refractivity contribution in [1.82, 2.24) is 4.98 Å². The molecule has 23 heavy (non-hydrogen) atoms. The average Bonchev–Trinajstić information content (AvgIpc) is 2.46. The first-order valence-corrected chi connectivity index (χ1v) is 7.86. The van der Waals surface area contributed by atoms with E-state index >= 15 is 0 Å². The van der Waals surface area contributed by atoms with Crippen LogP contribution in [0.4, 0.5) is 0 Å². The van der Waals surface area contributed by atoms with Crippen LogP contribution in [0.15, 0.2) is 42.6 Å². The van der Waals surface area contributed by atoms with Gasteiger partial charge in [-0.05, 0) is 35.2 Å². The summed E-state index contributed by atoms with van der Waals surface area (Å²) in [5, 5.41) is 0. The van der Waals surface area contributed by atoms with E-state index < -0.39 is 0 Å². The summed E-state index contributed by atoms with van der Waals surface area (Å²) in [6.45, 7) is 12.7. The van der Waals surface area contributed by atoms with E-state index in [1.165, 1.54) is 5.56 Å². The third-order valence-electron chi connectivity index (χ3n) is 3.70. The van der Waals surface area contributed by atoms with Crippen molar-refractivity contribution in [2.75, 3.05) is 0 Å². The second-order valence-corrected chi connectivity index (χ2v) is 7.85. The van der Waals surface area contributed by atoms with Crippen LogP contribution in [0.25, 0.3) is 0 Å². The highest BCUT2D eigenvalue weighted by atomic mass is 16.5. The summed E-state index contributed by atoms with van der Waals surface area (Å²) >= 11 is 0. The van der Waals surface area contributed by atoms with E-state index in [4.69, 9.17) is 4.74 Å². The van der Waals surface area contributed by atoms with E-state index in [1.54, 1.807) is 24.4 Å². The Bertz CT molecular complexity index is 672. The number of benzene rings is 1. The lowest BCUT2D eigenvalue weighted by molar-refractivity contribution is 0.0734. The molecule has 0 atom stereocenters. The molecule has 0 saturated heterocycles. The molecule has 0 aliphatic heterocycles. The van der Waals surface area contributed by atoms with Crippen LogP contribution in [0, 0.1) is 0 Å². The number of carbonyl (C=O) groups excluding carboxylic acids is 1. The van der Waals surface area contributed by atoms with Gasteiger partial charge < -0.3 is 4.74 Å². The Morgan fingerprint density at radius 2 is 1.48 bits per heavy atom. The standard InChI is InChI=1S/C20H25NO2/c1-19(2,3)15-9-7-14(8-10-15)18(22)23-16-11-12-17(21-13-16)20(4,5)6/h7-13H,1-6H3. The Kier molecular flexibility index (Phi) is 4.60. The van der Waals surface area contributed by atoms with Crippen LogP contribution < -0.4 is 4.74 Å². The Hall–Kier alpha value is -2.16. The van der Waals surface area contributed by atoms with Crippen molar-refractivity contribution < 1.29 is 9.53 Å². The number of aromatic nitrogens is 1. The lowest BCUT2D eigenvalue weighted by atomic mass is 9.87. The highest BCUT2D eigenvalue weighted by Crippen LogP contribution is 2.24. The fourth-order valence-corrected chi connectivity index (χ4v) is 2.16. The third kappa shape index (κ3) is 4.41. The minimum atomic E-state index is -0.365. The van der Waals surface area contributed by atoms with Gasteiger partial charge in [-0.1, -0.05) is 53.7 Å². The molecule has 2 aromatic rings. The predicted molar refractivity (Wildman–Crippen MR) is 93.0 cm³/mol. The quantitative estimate of drug-likeness (QED) is 0.741. The highest BCUT2D eigenvalue weighted by molar-refractivity contribution is 5.91. The summed E-state index contributed by atoms with van der Waals surface area (Å²) in [4.78, 5) is 16.6. The molecule has 0 radical (unpaired) electrons. The maximum Gasteiger partial charge on any atom is 0.343 e. The minimum Gasteiger partial charge on any atom is -0.421 e. The number of nitrogens with zero attached hydrogens (tertiary/aromatic N) is 1. The van der Waals surface area contributed by atoms with Gasteiger partial charge in [-0.15, -0.1) is 0 Å². The van der Waals surface area contributed by atoms with E-state index in [1.807, 2.05) is 18.2 Å². The molecule has 0 spiro atoms. The number of hydrogen-bond acceptors (Lipinski definition) is 3. The van der Waals surface area contributed by atoms with E-state index in [0.717, 1.165) is 5.69 Å². The molecule has 0 amide bonds. The van der Waals surface area contributed by atoms with Gasteiger partial charge >= 0.3 is 5.97 Å². The summed E-state index contributed by atoms with van der Waals surface area (Å²) < 4.78 is 5.39. The topological polar surface area (TPSA) is 39.2 Å². The fourth-order valence-electron chi connectivity index (χ4n) is 2.16. The molecule has 0 N–H and O–H groups in total. The zero-order chi connectivity index (χ0) is 17.3. The molecule has 0 aliphatic carbocycles. The van der Waals surface area contributed by atoms with Crippen LogP contribution in [0.2, 0.25) is 0 Å². The van der Waals surface area contributed by atoms with E-state index in [-0.39, 0.29) is 16.8 Å². The van der Waals surface area contributed by atoms with Gasteiger partial charge in [0, 0.05) is 11.1 Å². The van der Waals surface area contributed by atoms with Crippen molar-refractivity contribution in [2.24, 2.45) is 0 Å². The fraction of sp³-hybridized carbons (Fsp3) is 0.400. The Morgan fingerprint density at radius 3 is 1.91 bits per heavy atom. The van der Waals surface area contributed by atoms with Crippen LogP contribution in [0.3, 0.4) is 0 Å². The number of esters is 1. The first-order chi connectivity index (χ1) is 10.6. The number of ether oxygens (including phenoxy) is 1. The second kappa shape index (κ2) is 6.15. The zero-order valence-corrected chi connectivity index (χ0v) is 14.8. The van der Waals surface area contributed by atoms with Gasteiger partial charge in [-0.25, -0.2) is 4.79 Å². The monoisotopic (exact) mass is 311 g/mol. The SMILES string of the molecule is CC(C)(C)c1ccc(C(=O)Oc2ccc(C(C)(C)C)nc2)cc1. The summed E-state index contributed by atoms with van der Waals surface area (Å²) in [6.07, 6.45) is 1.60. The van der Waals surface area contributed by atoms with Gasteiger partial charge in [-0.2, -0.15) is 0 Å². The average molecular weight is 311 g/mol. The molecule has 3 nitrogen and oxygen atoms in total. The van der Waals surface area contributed by atoms with Crippen LogP contribution in [-0.2, 0) is 10.8 Å². The Morgan fingerprint density at radius 1 is 0.870 bits per heavy atom. The maximum atomic E-state index is 12.2. The van der Waals surface area contributed by atoms with Gasteiger partial charge in [-0.3, -0.25) is 4.98 Å². The van der Waals surface area contributed by atoms with Gasteiger partial charge in [0.2, 0.25) is 0 Å². The molecule has 1 heterocycles. The molecular formula is C20H25NO2. The molecule has 0 bridgehead atoms. The van der Waals surface area contributed by atoms with Crippen molar-refractivity contribution in [3.63, 3.8) is 0 Å². The molecule has 0 aliphatic rings. The van der Waals surface area contributed by atoms with Crippen LogP contribution in [-0.4, -0.2) is 11.0 Å². The van der Waals surface area contributed by atoms with Crippen molar-refractivity contribution in [1.29, 1.82) is 0 Å². The van der Waals surface area contributed by atoms with Gasteiger partial charge in [0.05, 0.1) is 11.8 Å². The first-order valence-electron chi connectivity index (χ1n) is 7.86. The number of carbonyl (C=O) groups is 1. The van der Waals surface area contributed by atoms with Crippen molar-refractivity contribution in [3.05, 3.63) is 59.4 Å². The van der Waals surface area contributed by atoms with Crippen LogP contribution in [0.1, 0.15) is 63.2 Å². The number of pyridine rings is 1. The zero-order valence-electron chi connectivity index (χ0n) is 14.8. The lowest BCUT2D eigenvalue weighted by Crippen LogP contribution is -2.14. The van der Waals surface area contributed by atoms with E-state index in [2.05, 4.69) is 46.5 Å². The molecule has 1 aromatic heterocycles. The number of hydrogen-bond donors (Lipinski definition) is 0. The van der Waals surface area contributed by atoms with E-state index in [9.17, 15) is 4.79 Å². The van der Waals surface area contributed by atoms with Crippen molar-refractivity contribution >= 4 is 5.97 Å².